The Labute approximate surface area is 161 Å². The second kappa shape index (κ2) is 7.58. The third-order valence-corrected chi connectivity index (χ3v) is 5.77. The maximum absolute atomic E-state index is 10.8. The maximum atomic E-state index is 10.8. The lowest BCUT2D eigenvalue weighted by Gasteiger charge is -2.36. The molecule has 142 valence electrons. The molecule has 1 saturated heterocycles. The van der Waals surface area contributed by atoms with Crippen molar-refractivity contribution in [2.75, 3.05) is 45.2 Å². The van der Waals surface area contributed by atoms with Crippen LogP contribution in [0.15, 0.2) is 34.6 Å². The molecule has 0 saturated carbocycles. The Balaban J connectivity index is 1.62. The Bertz CT molecular complexity index is 872. The number of carbonyl (C=O) groups is 1. The molecule has 0 atom stereocenters. The van der Waals surface area contributed by atoms with Gasteiger partial charge < -0.3 is 20.1 Å². The van der Waals surface area contributed by atoms with Crippen molar-refractivity contribution in [2.24, 2.45) is 4.99 Å². The average Bonchev–Trinajstić information content (AvgIpc) is 3.00. The van der Waals surface area contributed by atoms with Crippen LogP contribution in [0, 0.1) is 0 Å². The fraction of sp³-hybridized carbons (Fsp3) is 0.368. The summed E-state index contributed by atoms with van der Waals surface area (Å²) in [6.07, 6.45) is 0.181. The number of para-hydroxylation sites is 2. The van der Waals surface area contributed by atoms with Gasteiger partial charge in [-0.3, -0.25) is 9.69 Å². The van der Waals surface area contributed by atoms with Crippen molar-refractivity contribution in [1.29, 1.82) is 0 Å². The molecule has 0 amide bonds. The minimum absolute atomic E-state index is 0.181. The number of amidine groups is 1. The smallest absolute Gasteiger partial charge is 0.304 e. The van der Waals surface area contributed by atoms with E-state index in [9.17, 15) is 4.79 Å². The quantitative estimate of drug-likeness (QED) is 0.841. The van der Waals surface area contributed by atoms with Crippen molar-refractivity contribution in [2.45, 2.75) is 6.42 Å². The summed E-state index contributed by atoms with van der Waals surface area (Å²) in [6, 6.07) is 8.02. The molecule has 7 nitrogen and oxygen atoms in total. The molecule has 27 heavy (non-hydrogen) atoms. The van der Waals surface area contributed by atoms with E-state index < -0.39 is 5.97 Å². The van der Waals surface area contributed by atoms with E-state index >= 15 is 0 Å². The van der Waals surface area contributed by atoms with Crippen LogP contribution in [-0.4, -0.2) is 66.5 Å². The summed E-state index contributed by atoms with van der Waals surface area (Å²) in [5.41, 5.74) is 2.89. The number of aliphatic carboxylic acids is 1. The van der Waals surface area contributed by atoms with Crippen LogP contribution in [0.3, 0.4) is 0 Å². The summed E-state index contributed by atoms with van der Waals surface area (Å²) in [6.45, 7) is 3.84. The van der Waals surface area contributed by atoms with Crippen LogP contribution in [-0.2, 0) is 4.79 Å². The van der Waals surface area contributed by atoms with E-state index in [4.69, 9.17) is 14.8 Å². The van der Waals surface area contributed by atoms with E-state index in [1.165, 1.54) is 0 Å². The molecule has 0 bridgehead atoms. The van der Waals surface area contributed by atoms with Crippen LogP contribution in [0.1, 0.15) is 12.0 Å². The number of fused-ring (bicyclic) bond motifs is 2. The Kier molecular flexibility index (Phi) is 5.00. The maximum Gasteiger partial charge on any atom is 0.304 e. The molecule has 2 N–H and O–H groups in total. The molecule has 0 radical (unpaired) electrons. The van der Waals surface area contributed by atoms with Gasteiger partial charge in [0.25, 0.3) is 0 Å². The van der Waals surface area contributed by atoms with Crippen LogP contribution in [0.5, 0.6) is 5.75 Å². The van der Waals surface area contributed by atoms with Crippen molar-refractivity contribution in [1.82, 2.24) is 9.80 Å². The number of piperazine rings is 1. The third-order valence-electron chi connectivity index (χ3n) is 4.89. The van der Waals surface area contributed by atoms with Gasteiger partial charge in [-0.15, -0.1) is 11.3 Å². The van der Waals surface area contributed by atoms with E-state index in [1.807, 2.05) is 29.6 Å². The van der Waals surface area contributed by atoms with Gasteiger partial charge in [0.2, 0.25) is 0 Å². The summed E-state index contributed by atoms with van der Waals surface area (Å²) in [5, 5.41) is 15.4. The highest BCUT2D eigenvalue weighted by molar-refractivity contribution is 7.15. The second-order valence-electron chi connectivity index (χ2n) is 6.56. The largest absolute Gasteiger partial charge is 0.495 e. The Morgan fingerprint density at radius 3 is 2.81 bits per heavy atom. The fourth-order valence-electron chi connectivity index (χ4n) is 3.43. The molecule has 4 rings (SSSR count). The molecule has 1 aromatic carbocycles. The monoisotopic (exact) mass is 386 g/mol. The minimum atomic E-state index is -0.749. The van der Waals surface area contributed by atoms with E-state index in [0.29, 0.717) is 6.54 Å². The summed E-state index contributed by atoms with van der Waals surface area (Å²) in [7, 11) is 1.68. The Morgan fingerprint density at radius 2 is 2.07 bits per heavy atom. The lowest BCUT2D eigenvalue weighted by Crippen LogP contribution is -2.49. The van der Waals surface area contributed by atoms with Crippen LogP contribution < -0.4 is 10.1 Å². The lowest BCUT2D eigenvalue weighted by molar-refractivity contribution is -0.137. The first kappa shape index (κ1) is 17.8. The zero-order chi connectivity index (χ0) is 18.8. The van der Waals surface area contributed by atoms with Crippen molar-refractivity contribution in [3.8, 4) is 5.75 Å². The van der Waals surface area contributed by atoms with E-state index in [1.54, 1.807) is 18.4 Å². The number of benzene rings is 1. The lowest BCUT2D eigenvalue weighted by atomic mass is 10.2. The van der Waals surface area contributed by atoms with Gasteiger partial charge in [-0.1, -0.05) is 12.1 Å². The number of rotatable bonds is 4. The predicted octanol–water partition coefficient (Wildman–Crippen LogP) is 2.98. The first-order valence-corrected chi connectivity index (χ1v) is 9.83. The molecule has 0 unspecified atom stereocenters. The molecule has 8 heteroatoms. The van der Waals surface area contributed by atoms with Crippen molar-refractivity contribution in [3.05, 3.63) is 35.2 Å². The highest BCUT2D eigenvalue weighted by atomic mass is 32.1. The summed E-state index contributed by atoms with van der Waals surface area (Å²) in [5.74, 6) is 0.988. The number of ether oxygens (including phenoxy) is 1. The molecule has 0 spiro atoms. The normalized spacial score (nSPS) is 16.6. The van der Waals surface area contributed by atoms with Gasteiger partial charge in [0.1, 0.15) is 16.6 Å². The zero-order valence-electron chi connectivity index (χ0n) is 15.1. The van der Waals surface area contributed by atoms with E-state index in [2.05, 4.69) is 15.1 Å². The van der Waals surface area contributed by atoms with E-state index in [0.717, 1.165) is 59.7 Å². The summed E-state index contributed by atoms with van der Waals surface area (Å²) in [4.78, 5) is 20.3. The zero-order valence-corrected chi connectivity index (χ0v) is 16.0. The number of anilines is 2. The van der Waals surface area contributed by atoms with Crippen molar-refractivity contribution < 1.29 is 14.6 Å². The Hall–Kier alpha value is -2.58. The minimum Gasteiger partial charge on any atom is -0.495 e. The van der Waals surface area contributed by atoms with Crippen molar-refractivity contribution in [3.63, 3.8) is 0 Å². The number of carboxylic acid groups (broad SMARTS) is 1. The molecule has 2 aromatic rings. The molecule has 0 aliphatic carbocycles. The molecular formula is C19H22N4O3S. The number of aliphatic imine (C=N–C) groups is 1. The molecule has 2 aliphatic rings. The van der Waals surface area contributed by atoms with Crippen LogP contribution in [0.25, 0.3) is 0 Å². The highest BCUT2D eigenvalue weighted by Crippen LogP contribution is 2.42. The SMILES string of the molecule is COc1csc2c1C(N1CCN(CCC(=O)O)CC1)=Nc1ccccc1N2. The van der Waals surface area contributed by atoms with Gasteiger partial charge in [0.15, 0.2) is 0 Å². The number of nitrogens with one attached hydrogen (secondary N) is 1. The number of nitrogens with zero attached hydrogens (tertiary/aromatic N) is 3. The summed E-state index contributed by atoms with van der Waals surface area (Å²) < 4.78 is 5.60. The highest BCUT2D eigenvalue weighted by Gasteiger charge is 2.28. The number of carboxylic acids is 1. The first-order valence-electron chi connectivity index (χ1n) is 8.95. The molecule has 1 fully saturated rings. The second-order valence-corrected chi connectivity index (χ2v) is 7.44. The van der Waals surface area contributed by atoms with Crippen LogP contribution in [0.4, 0.5) is 16.4 Å². The Morgan fingerprint density at radius 1 is 1.30 bits per heavy atom. The van der Waals surface area contributed by atoms with Gasteiger partial charge in [-0.05, 0) is 12.1 Å². The van der Waals surface area contributed by atoms with Crippen LogP contribution >= 0.6 is 11.3 Å². The van der Waals surface area contributed by atoms with Gasteiger partial charge in [0.05, 0.1) is 30.5 Å². The van der Waals surface area contributed by atoms with Gasteiger partial charge in [0, 0.05) is 38.1 Å². The first-order chi connectivity index (χ1) is 13.2. The van der Waals surface area contributed by atoms with Crippen molar-refractivity contribution >= 4 is 39.5 Å². The van der Waals surface area contributed by atoms with E-state index in [-0.39, 0.29) is 6.42 Å². The topological polar surface area (TPSA) is 77.4 Å². The predicted molar refractivity (Wildman–Crippen MR) is 107 cm³/mol. The number of methoxy groups -OCH3 is 1. The molecule has 2 aliphatic heterocycles. The van der Waals surface area contributed by atoms with Gasteiger partial charge in [-0.25, -0.2) is 4.99 Å². The molecule has 1 aromatic heterocycles. The summed E-state index contributed by atoms with van der Waals surface area (Å²) >= 11 is 1.61. The van der Waals surface area contributed by atoms with Gasteiger partial charge >= 0.3 is 5.97 Å². The third kappa shape index (κ3) is 3.63. The molecule has 3 heterocycles. The van der Waals surface area contributed by atoms with Gasteiger partial charge in [-0.2, -0.15) is 0 Å². The number of hydrogen-bond acceptors (Lipinski definition) is 7. The number of hydrogen-bond donors (Lipinski definition) is 2. The average molecular weight is 386 g/mol. The standard InChI is InChI=1S/C19H22N4O3S/c1-26-15-12-27-19-17(15)18(20-13-4-2-3-5-14(13)21-19)23-10-8-22(9-11-23)7-6-16(24)25/h2-5,12,21H,6-11H2,1H3,(H,24,25). The molecular weight excluding hydrogens is 364 g/mol. The number of thiophene rings is 1. The van der Waals surface area contributed by atoms with Crippen LogP contribution in [0.2, 0.25) is 0 Å². The fourth-order valence-corrected chi connectivity index (χ4v) is 4.35.